The number of sulfonamides is 1. The molecule has 0 saturated carbocycles. The van der Waals surface area contributed by atoms with Crippen LogP contribution in [-0.2, 0) is 10.0 Å². The van der Waals surface area contributed by atoms with Gasteiger partial charge in [0.15, 0.2) is 0 Å². The molecule has 0 bridgehead atoms. The molecule has 0 spiro atoms. The van der Waals surface area contributed by atoms with Crippen molar-refractivity contribution in [3.8, 4) is 0 Å². The minimum absolute atomic E-state index is 0.0147. The molecule has 1 N–H and O–H groups in total. The lowest BCUT2D eigenvalue weighted by molar-refractivity contribution is 0.0664. The van der Waals surface area contributed by atoms with Gasteiger partial charge < -0.3 is 9.80 Å². The minimum Gasteiger partial charge on any atom is -0.336 e. The van der Waals surface area contributed by atoms with E-state index in [-0.39, 0.29) is 10.8 Å². The Morgan fingerprint density at radius 1 is 0.963 bits per heavy atom. The normalized spacial score (nSPS) is 15.6. The molecule has 0 aliphatic carbocycles. The van der Waals surface area contributed by atoms with Crippen LogP contribution in [0.4, 0.5) is 5.69 Å². The van der Waals surface area contributed by atoms with Crippen LogP contribution in [0.5, 0.6) is 0 Å². The predicted octanol–water partition coefficient (Wildman–Crippen LogP) is 2.49. The molecule has 0 radical (unpaired) electrons. The first-order chi connectivity index (χ1) is 12.8. The second-order valence-corrected chi connectivity index (χ2v) is 8.73. The molecule has 0 aromatic heterocycles. The van der Waals surface area contributed by atoms with Gasteiger partial charge in [-0.1, -0.05) is 17.7 Å². The molecule has 1 aliphatic heterocycles. The summed E-state index contributed by atoms with van der Waals surface area (Å²) in [4.78, 5) is 16.9. The highest BCUT2D eigenvalue weighted by Gasteiger charge is 2.21. The number of anilines is 1. The first-order valence-corrected chi connectivity index (χ1v) is 10.4. The summed E-state index contributed by atoms with van der Waals surface area (Å²) in [5.41, 5.74) is 2.77. The molecule has 0 atom stereocenters. The number of nitrogens with zero attached hydrogens (tertiary/aromatic N) is 2. The summed E-state index contributed by atoms with van der Waals surface area (Å²) in [5.74, 6) is -0.0147. The van der Waals surface area contributed by atoms with E-state index in [0.717, 1.165) is 18.7 Å². The number of nitrogens with one attached hydrogen (secondary N) is 1. The Labute approximate surface area is 160 Å². The van der Waals surface area contributed by atoms with Gasteiger partial charge in [-0.05, 0) is 56.8 Å². The first-order valence-electron chi connectivity index (χ1n) is 8.94. The van der Waals surface area contributed by atoms with Crippen molar-refractivity contribution < 1.29 is 13.2 Å². The van der Waals surface area contributed by atoms with E-state index in [2.05, 4.69) is 9.62 Å². The summed E-state index contributed by atoms with van der Waals surface area (Å²) >= 11 is 0. The lowest BCUT2D eigenvalue weighted by atomic mass is 10.1. The number of hydrogen-bond acceptors (Lipinski definition) is 4. The van der Waals surface area contributed by atoms with Crippen molar-refractivity contribution >= 4 is 21.6 Å². The topological polar surface area (TPSA) is 69.7 Å². The van der Waals surface area contributed by atoms with Crippen molar-refractivity contribution in [1.29, 1.82) is 0 Å². The number of amides is 1. The van der Waals surface area contributed by atoms with Crippen molar-refractivity contribution in [2.24, 2.45) is 0 Å². The maximum Gasteiger partial charge on any atom is 0.261 e. The van der Waals surface area contributed by atoms with Gasteiger partial charge in [-0.3, -0.25) is 9.52 Å². The van der Waals surface area contributed by atoms with Crippen molar-refractivity contribution in [1.82, 2.24) is 9.80 Å². The molecule has 144 valence electrons. The molecule has 6 nitrogen and oxygen atoms in total. The summed E-state index contributed by atoms with van der Waals surface area (Å²) in [6.45, 7) is 6.84. The van der Waals surface area contributed by atoms with Crippen LogP contribution >= 0.6 is 0 Å². The Morgan fingerprint density at radius 2 is 1.59 bits per heavy atom. The summed E-state index contributed by atoms with van der Waals surface area (Å²) in [6, 6.07) is 11.8. The minimum atomic E-state index is -3.66. The summed E-state index contributed by atoms with van der Waals surface area (Å²) in [7, 11) is -1.62. The van der Waals surface area contributed by atoms with E-state index in [1.165, 1.54) is 0 Å². The molecule has 7 heteroatoms. The zero-order chi connectivity index (χ0) is 19.6. The van der Waals surface area contributed by atoms with E-state index in [1.54, 1.807) is 49.4 Å². The fourth-order valence-electron chi connectivity index (χ4n) is 3.02. The molecule has 3 rings (SSSR count). The first kappa shape index (κ1) is 19.4. The molecule has 1 saturated heterocycles. The molecule has 1 aliphatic rings. The van der Waals surface area contributed by atoms with Crippen LogP contribution in [0.2, 0.25) is 0 Å². The third kappa shape index (κ3) is 4.48. The van der Waals surface area contributed by atoms with E-state index < -0.39 is 10.0 Å². The molecule has 1 heterocycles. The molecule has 1 amide bonds. The quantitative estimate of drug-likeness (QED) is 0.875. The van der Waals surface area contributed by atoms with E-state index in [0.29, 0.717) is 29.9 Å². The van der Waals surface area contributed by atoms with Crippen LogP contribution in [0.15, 0.2) is 47.4 Å². The van der Waals surface area contributed by atoms with Crippen LogP contribution in [0.3, 0.4) is 0 Å². The van der Waals surface area contributed by atoms with Gasteiger partial charge >= 0.3 is 0 Å². The van der Waals surface area contributed by atoms with E-state index >= 15 is 0 Å². The van der Waals surface area contributed by atoms with Gasteiger partial charge in [-0.25, -0.2) is 8.42 Å². The Balaban J connectivity index is 1.76. The highest BCUT2D eigenvalue weighted by atomic mass is 32.2. The number of carbonyl (C=O) groups is 1. The monoisotopic (exact) mass is 387 g/mol. The number of carbonyl (C=O) groups excluding carboxylic acids is 1. The number of likely N-dealkylation sites (N-methyl/N-ethyl adjacent to an activating group) is 1. The third-order valence-corrected chi connectivity index (χ3v) is 6.22. The maximum atomic E-state index is 12.7. The molecule has 0 unspecified atom stereocenters. The zero-order valence-corrected chi connectivity index (χ0v) is 16.7. The van der Waals surface area contributed by atoms with Crippen molar-refractivity contribution in [3.63, 3.8) is 0 Å². The molecular weight excluding hydrogens is 362 g/mol. The molecule has 2 aromatic carbocycles. The van der Waals surface area contributed by atoms with Gasteiger partial charge in [0.1, 0.15) is 0 Å². The van der Waals surface area contributed by atoms with Crippen molar-refractivity contribution in [2.75, 3.05) is 37.9 Å². The summed E-state index contributed by atoms with van der Waals surface area (Å²) in [6.07, 6.45) is 0. The van der Waals surface area contributed by atoms with Gasteiger partial charge in [0.25, 0.3) is 15.9 Å². The second-order valence-electron chi connectivity index (χ2n) is 7.04. The highest BCUT2D eigenvalue weighted by Crippen LogP contribution is 2.22. The van der Waals surface area contributed by atoms with Crippen molar-refractivity contribution in [3.05, 3.63) is 59.2 Å². The Hall–Kier alpha value is -2.38. The molecule has 2 aromatic rings. The largest absolute Gasteiger partial charge is 0.336 e. The van der Waals surface area contributed by atoms with Gasteiger partial charge in [0.2, 0.25) is 0 Å². The van der Waals surface area contributed by atoms with Gasteiger partial charge in [0, 0.05) is 31.7 Å². The standard InChI is InChI=1S/C20H25N3O3S/c1-15-4-7-18(8-5-15)27(25,26)21-19-9-6-17(14-16(19)2)20(24)23-12-10-22(3)11-13-23/h4-9,14,21H,10-13H2,1-3H3. The molecule has 1 fully saturated rings. The summed E-state index contributed by atoms with van der Waals surface area (Å²) < 4.78 is 27.8. The Bertz CT molecular complexity index is 931. The van der Waals surface area contributed by atoms with Gasteiger partial charge in [-0.15, -0.1) is 0 Å². The van der Waals surface area contributed by atoms with Gasteiger partial charge in [-0.2, -0.15) is 0 Å². The fraction of sp³-hybridized carbons (Fsp3) is 0.350. The summed E-state index contributed by atoms with van der Waals surface area (Å²) in [5, 5.41) is 0. The number of hydrogen-bond donors (Lipinski definition) is 1. The predicted molar refractivity (Wildman–Crippen MR) is 107 cm³/mol. The Morgan fingerprint density at radius 3 is 2.19 bits per heavy atom. The smallest absolute Gasteiger partial charge is 0.261 e. The highest BCUT2D eigenvalue weighted by molar-refractivity contribution is 7.92. The number of aryl methyl sites for hydroxylation is 2. The van der Waals surface area contributed by atoms with Gasteiger partial charge in [0.05, 0.1) is 10.6 Å². The number of rotatable bonds is 4. The zero-order valence-electron chi connectivity index (χ0n) is 15.9. The van der Waals surface area contributed by atoms with E-state index in [9.17, 15) is 13.2 Å². The second kappa shape index (κ2) is 7.70. The lowest BCUT2D eigenvalue weighted by Crippen LogP contribution is -2.47. The average molecular weight is 388 g/mol. The van der Waals surface area contributed by atoms with Crippen LogP contribution in [0.1, 0.15) is 21.5 Å². The number of benzene rings is 2. The number of piperazine rings is 1. The van der Waals surface area contributed by atoms with Crippen LogP contribution in [0.25, 0.3) is 0 Å². The Kier molecular flexibility index (Phi) is 5.53. The van der Waals surface area contributed by atoms with E-state index in [1.807, 2.05) is 18.9 Å². The van der Waals surface area contributed by atoms with E-state index in [4.69, 9.17) is 0 Å². The molecule has 27 heavy (non-hydrogen) atoms. The van der Waals surface area contributed by atoms with Crippen molar-refractivity contribution in [2.45, 2.75) is 18.7 Å². The van der Waals surface area contributed by atoms with Crippen LogP contribution in [-0.4, -0.2) is 57.4 Å². The average Bonchev–Trinajstić information content (AvgIpc) is 2.64. The SMILES string of the molecule is Cc1ccc(S(=O)(=O)Nc2ccc(C(=O)N3CCN(C)CC3)cc2C)cc1. The lowest BCUT2D eigenvalue weighted by Gasteiger charge is -2.32. The maximum absolute atomic E-state index is 12.7. The molecular formula is C20H25N3O3S. The third-order valence-electron chi connectivity index (χ3n) is 4.84. The van der Waals surface area contributed by atoms with Crippen LogP contribution < -0.4 is 4.72 Å². The fourth-order valence-corrected chi connectivity index (χ4v) is 4.16. The van der Waals surface area contributed by atoms with Crippen LogP contribution in [0, 0.1) is 13.8 Å².